The van der Waals surface area contributed by atoms with Crippen molar-refractivity contribution < 1.29 is 9.53 Å². The molecule has 2 aromatic rings. The predicted molar refractivity (Wildman–Crippen MR) is 110 cm³/mol. The van der Waals surface area contributed by atoms with Crippen LogP contribution >= 0.6 is 15.9 Å². The molecular formula is C20H22BrN3O4. The Kier molecular flexibility index (Phi) is 5.34. The Bertz CT molecular complexity index is 1110. The van der Waals surface area contributed by atoms with Crippen molar-refractivity contribution in [2.45, 2.75) is 32.8 Å². The number of rotatable bonds is 3. The van der Waals surface area contributed by atoms with Gasteiger partial charge in [0.2, 0.25) is 0 Å². The SMILES string of the molecule is CC1=C(C(=O)OC(C)C)C(c2ccccc2Br)c2c(n(C)c(=O)n(C)c2=O)N1. The number of ether oxygens (including phenoxy) is 1. The number of allylic oxidation sites excluding steroid dienone is 1. The summed E-state index contributed by atoms with van der Waals surface area (Å²) >= 11 is 3.53. The standard InChI is InChI=1S/C20H22BrN3O4/c1-10(2)28-19(26)14-11(3)22-17-16(18(25)24(5)20(27)23(17)4)15(14)12-8-6-7-9-13(12)21/h6-10,15,22H,1-5H3. The normalized spacial score (nSPS) is 16.0. The van der Waals surface area contributed by atoms with E-state index in [1.165, 1.54) is 11.6 Å². The van der Waals surface area contributed by atoms with Gasteiger partial charge in [-0.25, -0.2) is 9.59 Å². The lowest BCUT2D eigenvalue weighted by Crippen LogP contribution is -2.43. The minimum absolute atomic E-state index is 0.308. The Morgan fingerprint density at radius 3 is 2.43 bits per heavy atom. The number of nitrogens with one attached hydrogen (secondary N) is 1. The zero-order valence-electron chi connectivity index (χ0n) is 16.4. The molecule has 1 aliphatic heterocycles. The zero-order valence-corrected chi connectivity index (χ0v) is 18.0. The van der Waals surface area contributed by atoms with Crippen molar-refractivity contribution in [3.63, 3.8) is 0 Å². The van der Waals surface area contributed by atoms with Crippen LogP contribution < -0.4 is 16.6 Å². The Hall–Kier alpha value is -2.61. The van der Waals surface area contributed by atoms with E-state index in [0.29, 0.717) is 22.7 Å². The third-order valence-electron chi connectivity index (χ3n) is 4.77. The third-order valence-corrected chi connectivity index (χ3v) is 5.49. The van der Waals surface area contributed by atoms with E-state index in [2.05, 4.69) is 21.2 Å². The molecule has 2 heterocycles. The number of carbonyl (C=O) groups excluding carboxylic acids is 1. The Morgan fingerprint density at radius 1 is 1.18 bits per heavy atom. The van der Waals surface area contributed by atoms with Gasteiger partial charge >= 0.3 is 11.7 Å². The van der Waals surface area contributed by atoms with Crippen LogP contribution in [0.4, 0.5) is 5.82 Å². The van der Waals surface area contributed by atoms with Crippen LogP contribution in [0.5, 0.6) is 0 Å². The fourth-order valence-electron chi connectivity index (χ4n) is 3.46. The number of hydrogen-bond donors (Lipinski definition) is 1. The predicted octanol–water partition coefficient (Wildman–Crippen LogP) is 2.63. The average Bonchev–Trinajstić information content (AvgIpc) is 2.63. The molecule has 0 spiro atoms. The van der Waals surface area contributed by atoms with E-state index in [0.717, 1.165) is 14.6 Å². The van der Waals surface area contributed by atoms with Gasteiger partial charge in [-0.15, -0.1) is 0 Å². The Labute approximate surface area is 170 Å². The first-order valence-electron chi connectivity index (χ1n) is 8.88. The average molecular weight is 448 g/mol. The van der Waals surface area contributed by atoms with E-state index in [1.807, 2.05) is 24.3 Å². The highest BCUT2D eigenvalue weighted by molar-refractivity contribution is 9.10. The molecule has 1 unspecified atom stereocenters. The maximum Gasteiger partial charge on any atom is 0.337 e. The number of aromatic nitrogens is 2. The monoisotopic (exact) mass is 447 g/mol. The molecule has 0 bridgehead atoms. The van der Waals surface area contributed by atoms with Crippen LogP contribution in [-0.2, 0) is 23.6 Å². The molecule has 0 saturated carbocycles. The fraction of sp³-hybridized carbons (Fsp3) is 0.350. The first-order chi connectivity index (χ1) is 13.1. The maximum absolute atomic E-state index is 13.1. The highest BCUT2D eigenvalue weighted by atomic mass is 79.9. The number of carbonyl (C=O) groups is 1. The number of anilines is 1. The molecule has 1 aromatic heterocycles. The summed E-state index contributed by atoms with van der Waals surface area (Å²) in [6, 6.07) is 7.40. The van der Waals surface area contributed by atoms with Crippen LogP contribution in [0, 0.1) is 0 Å². The van der Waals surface area contributed by atoms with E-state index in [4.69, 9.17) is 4.74 Å². The van der Waals surface area contributed by atoms with Crippen molar-refractivity contribution in [2.24, 2.45) is 14.1 Å². The highest BCUT2D eigenvalue weighted by Gasteiger charge is 2.38. The molecule has 1 aliphatic rings. The molecule has 0 amide bonds. The molecule has 1 N–H and O–H groups in total. The number of benzene rings is 1. The first-order valence-corrected chi connectivity index (χ1v) is 9.67. The lowest BCUT2D eigenvalue weighted by atomic mass is 9.82. The van der Waals surface area contributed by atoms with Crippen molar-refractivity contribution in [2.75, 3.05) is 5.32 Å². The second-order valence-electron chi connectivity index (χ2n) is 7.04. The third kappa shape index (κ3) is 3.22. The van der Waals surface area contributed by atoms with Gasteiger partial charge in [-0.3, -0.25) is 13.9 Å². The summed E-state index contributed by atoms with van der Waals surface area (Å²) in [4.78, 5) is 38.5. The Morgan fingerprint density at radius 2 is 1.82 bits per heavy atom. The molecule has 7 nitrogen and oxygen atoms in total. The molecule has 3 rings (SSSR count). The second kappa shape index (κ2) is 7.43. The largest absolute Gasteiger partial charge is 0.460 e. The molecule has 28 heavy (non-hydrogen) atoms. The molecule has 1 atom stereocenters. The van der Waals surface area contributed by atoms with Crippen molar-refractivity contribution in [1.29, 1.82) is 0 Å². The van der Waals surface area contributed by atoms with Crippen LogP contribution in [0.3, 0.4) is 0 Å². The van der Waals surface area contributed by atoms with E-state index < -0.39 is 23.1 Å². The summed E-state index contributed by atoms with van der Waals surface area (Å²) in [6.07, 6.45) is -0.308. The Balaban J connectivity index is 2.39. The van der Waals surface area contributed by atoms with E-state index in [1.54, 1.807) is 27.8 Å². The molecule has 0 saturated heterocycles. The topological polar surface area (TPSA) is 82.3 Å². The van der Waals surface area contributed by atoms with Crippen LogP contribution in [0.1, 0.15) is 37.8 Å². The second-order valence-corrected chi connectivity index (χ2v) is 7.89. The van der Waals surface area contributed by atoms with Gasteiger partial charge in [0.15, 0.2) is 0 Å². The molecule has 8 heteroatoms. The van der Waals surface area contributed by atoms with Crippen molar-refractivity contribution >= 4 is 27.7 Å². The minimum atomic E-state index is -0.677. The van der Waals surface area contributed by atoms with Gasteiger partial charge < -0.3 is 10.1 Å². The van der Waals surface area contributed by atoms with Crippen LogP contribution in [0.25, 0.3) is 0 Å². The van der Waals surface area contributed by atoms with Gasteiger partial charge in [0.05, 0.1) is 23.2 Å². The van der Waals surface area contributed by atoms with Gasteiger partial charge in [-0.05, 0) is 32.4 Å². The summed E-state index contributed by atoms with van der Waals surface area (Å²) in [5, 5.41) is 3.07. The van der Waals surface area contributed by atoms with Crippen molar-refractivity contribution in [3.05, 3.63) is 72.0 Å². The quantitative estimate of drug-likeness (QED) is 0.731. The molecular weight excluding hydrogens is 426 g/mol. The number of hydrogen-bond acceptors (Lipinski definition) is 5. The molecule has 0 radical (unpaired) electrons. The minimum Gasteiger partial charge on any atom is -0.460 e. The number of esters is 1. The van der Waals surface area contributed by atoms with Gasteiger partial charge in [-0.1, -0.05) is 34.1 Å². The fourth-order valence-corrected chi connectivity index (χ4v) is 3.97. The van der Waals surface area contributed by atoms with E-state index in [-0.39, 0.29) is 6.10 Å². The molecule has 0 aliphatic carbocycles. The molecule has 0 fully saturated rings. The summed E-state index contributed by atoms with van der Waals surface area (Å²) in [5.74, 6) is -0.793. The van der Waals surface area contributed by atoms with Crippen LogP contribution in [0.15, 0.2) is 49.6 Å². The van der Waals surface area contributed by atoms with Gasteiger partial charge in [0.25, 0.3) is 5.56 Å². The number of nitrogens with zero attached hydrogens (tertiary/aromatic N) is 2. The van der Waals surface area contributed by atoms with Gasteiger partial charge in [-0.2, -0.15) is 0 Å². The first kappa shape index (κ1) is 20.1. The molecule has 1 aromatic carbocycles. The lowest BCUT2D eigenvalue weighted by Gasteiger charge is -2.31. The van der Waals surface area contributed by atoms with Crippen molar-refractivity contribution in [1.82, 2.24) is 9.13 Å². The number of halogens is 1. The summed E-state index contributed by atoms with van der Waals surface area (Å²) in [5.41, 5.74) is 1.08. The van der Waals surface area contributed by atoms with Crippen molar-refractivity contribution in [3.8, 4) is 0 Å². The maximum atomic E-state index is 13.1. The lowest BCUT2D eigenvalue weighted by molar-refractivity contribution is -0.143. The number of fused-ring (bicyclic) bond motifs is 1. The van der Waals surface area contributed by atoms with E-state index >= 15 is 0 Å². The smallest absolute Gasteiger partial charge is 0.337 e. The highest BCUT2D eigenvalue weighted by Crippen LogP contribution is 2.42. The van der Waals surface area contributed by atoms with Crippen LogP contribution in [0.2, 0.25) is 0 Å². The zero-order chi connectivity index (χ0) is 20.7. The molecule has 148 valence electrons. The summed E-state index contributed by atoms with van der Waals surface area (Å²) < 4.78 is 8.65. The van der Waals surface area contributed by atoms with Gasteiger partial charge in [0, 0.05) is 24.3 Å². The van der Waals surface area contributed by atoms with Crippen LogP contribution in [-0.4, -0.2) is 21.2 Å². The van der Waals surface area contributed by atoms with Gasteiger partial charge in [0.1, 0.15) is 5.82 Å². The summed E-state index contributed by atoms with van der Waals surface area (Å²) in [6.45, 7) is 5.29. The van der Waals surface area contributed by atoms with E-state index in [9.17, 15) is 14.4 Å². The summed E-state index contributed by atoms with van der Waals surface area (Å²) in [7, 11) is 3.02.